The SMILES string of the molecule is Cc1cccc(C(=O)Nc2ccc(SC(C(=O)Nc3nc(-c4ccc(Br)cc4)cs3)c3ccccc3)cc2)c1. The van der Waals surface area contributed by atoms with Crippen LogP contribution in [0.1, 0.15) is 26.7 Å². The average molecular weight is 615 g/mol. The number of rotatable bonds is 8. The Morgan fingerprint density at radius 1 is 0.872 bits per heavy atom. The standard InChI is InChI=1S/C31H24BrN3O2S2/c1-20-6-5-9-23(18-20)29(36)33-25-14-16-26(17-15-25)39-28(22-7-3-2-4-8-22)30(37)35-31-34-27(19-38-31)21-10-12-24(32)13-11-21/h2-19,28H,1H3,(H,33,36)(H,34,35,37). The van der Waals surface area contributed by atoms with Gasteiger partial charge in [0, 0.05) is 31.6 Å². The fourth-order valence-electron chi connectivity index (χ4n) is 3.90. The summed E-state index contributed by atoms with van der Waals surface area (Å²) in [5.41, 5.74) is 5.02. The molecule has 1 unspecified atom stereocenters. The van der Waals surface area contributed by atoms with Gasteiger partial charge in [0.25, 0.3) is 5.91 Å². The molecule has 0 saturated heterocycles. The summed E-state index contributed by atoms with van der Waals surface area (Å²) in [7, 11) is 0. The fraction of sp³-hybridized carbons (Fsp3) is 0.0645. The number of anilines is 2. The molecule has 1 heterocycles. The van der Waals surface area contributed by atoms with Crippen LogP contribution in [0.2, 0.25) is 0 Å². The first-order chi connectivity index (χ1) is 18.9. The number of aryl methyl sites for hydroxylation is 1. The minimum atomic E-state index is -0.487. The zero-order valence-electron chi connectivity index (χ0n) is 20.9. The normalized spacial score (nSPS) is 11.5. The predicted octanol–water partition coefficient (Wildman–Crippen LogP) is 8.61. The number of halogens is 1. The van der Waals surface area contributed by atoms with Crippen LogP contribution in [0.3, 0.4) is 0 Å². The van der Waals surface area contributed by atoms with Crippen molar-refractivity contribution in [3.63, 3.8) is 0 Å². The van der Waals surface area contributed by atoms with Crippen LogP contribution in [0.5, 0.6) is 0 Å². The van der Waals surface area contributed by atoms with Crippen molar-refractivity contribution < 1.29 is 9.59 Å². The maximum atomic E-state index is 13.5. The van der Waals surface area contributed by atoms with Crippen molar-refractivity contribution in [2.75, 3.05) is 10.6 Å². The van der Waals surface area contributed by atoms with Crippen LogP contribution in [0.15, 0.2) is 118 Å². The lowest BCUT2D eigenvalue weighted by Crippen LogP contribution is -2.19. The summed E-state index contributed by atoms with van der Waals surface area (Å²) in [6.45, 7) is 1.96. The number of nitrogens with one attached hydrogen (secondary N) is 2. The van der Waals surface area contributed by atoms with E-state index < -0.39 is 5.25 Å². The number of amides is 2. The molecule has 0 bridgehead atoms. The Hall–Kier alpha value is -3.72. The van der Waals surface area contributed by atoms with Crippen molar-refractivity contribution in [2.45, 2.75) is 17.1 Å². The minimum Gasteiger partial charge on any atom is -0.322 e. The molecule has 2 N–H and O–H groups in total. The number of thioether (sulfide) groups is 1. The molecule has 0 fully saturated rings. The van der Waals surface area contributed by atoms with Gasteiger partial charge in [0.1, 0.15) is 5.25 Å². The van der Waals surface area contributed by atoms with Crippen molar-refractivity contribution in [1.29, 1.82) is 0 Å². The Bertz CT molecular complexity index is 1590. The van der Waals surface area contributed by atoms with Crippen molar-refractivity contribution in [3.8, 4) is 11.3 Å². The highest BCUT2D eigenvalue weighted by atomic mass is 79.9. The smallest absolute Gasteiger partial charge is 0.255 e. The van der Waals surface area contributed by atoms with Crippen LogP contribution in [0.25, 0.3) is 11.3 Å². The third-order valence-electron chi connectivity index (χ3n) is 5.86. The summed E-state index contributed by atoms with van der Waals surface area (Å²) in [6.07, 6.45) is 0. The van der Waals surface area contributed by atoms with E-state index in [1.165, 1.54) is 23.1 Å². The molecule has 4 aromatic carbocycles. The molecular weight excluding hydrogens is 590 g/mol. The zero-order chi connectivity index (χ0) is 27.2. The van der Waals surface area contributed by atoms with Gasteiger partial charge in [-0.25, -0.2) is 4.98 Å². The Kier molecular flexibility index (Phi) is 8.56. The Morgan fingerprint density at radius 3 is 2.33 bits per heavy atom. The Morgan fingerprint density at radius 2 is 1.62 bits per heavy atom. The largest absolute Gasteiger partial charge is 0.322 e. The molecule has 1 aromatic heterocycles. The molecule has 194 valence electrons. The molecule has 39 heavy (non-hydrogen) atoms. The molecule has 5 aromatic rings. The Labute approximate surface area is 243 Å². The van der Waals surface area contributed by atoms with Crippen molar-refractivity contribution in [1.82, 2.24) is 4.98 Å². The predicted molar refractivity (Wildman–Crippen MR) is 164 cm³/mol. The summed E-state index contributed by atoms with van der Waals surface area (Å²) in [5.74, 6) is -0.314. The van der Waals surface area contributed by atoms with Gasteiger partial charge in [0.2, 0.25) is 5.91 Å². The van der Waals surface area contributed by atoms with E-state index in [0.717, 1.165) is 31.8 Å². The number of hydrogen-bond acceptors (Lipinski definition) is 5. The Balaban J connectivity index is 1.29. The highest BCUT2D eigenvalue weighted by molar-refractivity contribution is 9.10. The van der Waals surface area contributed by atoms with Gasteiger partial charge in [0.05, 0.1) is 5.69 Å². The number of thiazole rings is 1. The monoisotopic (exact) mass is 613 g/mol. The first-order valence-corrected chi connectivity index (χ1v) is 14.7. The summed E-state index contributed by atoms with van der Waals surface area (Å²) < 4.78 is 0.999. The molecule has 0 saturated carbocycles. The summed E-state index contributed by atoms with van der Waals surface area (Å²) in [4.78, 5) is 31.6. The van der Waals surface area contributed by atoms with E-state index in [9.17, 15) is 9.59 Å². The molecule has 1 atom stereocenters. The molecule has 8 heteroatoms. The van der Waals surface area contributed by atoms with E-state index in [4.69, 9.17) is 0 Å². The van der Waals surface area contributed by atoms with Crippen LogP contribution in [0.4, 0.5) is 10.8 Å². The number of aromatic nitrogens is 1. The van der Waals surface area contributed by atoms with E-state index in [0.29, 0.717) is 16.4 Å². The van der Waals surface area contributed by atoms with Gasteiger partial charge in [-0.1, -0.05) is 76.1 Å². The molecule has 5 rings (SSSR count). The molecule has 0 radical (unpaired) electrons. The number of benzene rings is 4. The lowest BCUT2D eigenvalue weighted by molar-refractivity contribution is -0.115. The molecule has 0 spiro atoms. The van der Waals surface area contributed by atoms with Crippen molar-refractivity contribution in [3.05, 3.63) is 130 Å². The second-order valence-electron chi connectivity index (χ2n) is 8.79. The topological polar surface area (TPSA) is 71.1 Å². The van der Waals surface area contributed by atoms with E-state index in [-0.39, 0.29) is 11.8 Å². The second-order valence-corrected chi connectivity index (χ2v) is 11.7. The summed E-state index contributed by atoms with van der Waals surface area (Å²) in [5, 5.41) is 7.94. The van der Waals surface area contributed by atoms with E-state index >= 15 is 0 Å². The van der Waals surface area contributed by atoms with Gasteiger partial charge in [-0.3, -0.25) is 9.59 Å². The minimum absolute atomic E-state index is 0.153. The maximum Gasteiger partial charge on any atom is 0.255 e. The highest BCUT2D eigenvalue weighted by Crippen LogP contribution is 2.37. The second kappa shape index (κ2) is 12.4. The fourth-order valence-corrected chi connectivity index (χ4v) is 5.91. The lowest BCUT2D eigenvalue weighted by atomic mass is 10.1. The van der Waals surface area contributed by atoms with E-state index in [1.807, 2.05) is 109 Å². The third-order valence-corrected chi connectivity index (χ3v) is 8.41. The number of hydrogen-bond donors (Lipinski definition) is 2. The zero-order valence-corrected chi connectivity index (χ0v) is 24.1. The van der Waals surface area contributed by atoms with E-state index in [1.54, 1.807) is 6.07 Å². The molecule has 2 amide bonds. The van der Waals surface area contributed by atoms with Crippen molar-refractivity contribution >= 4 is 61.7 Å². The number of nitrogens with zero attached hydrogens (tertiary/aromatic N) is 1. The van der Waals surface area contributed by atoms with Crippen LogP contribution in [-0.4, -0.2) is 16.8 Å². The average Bonchev–Trinajstić information content (AvgIpc) is 3.41. The van der Waals surface area contributed by atoms with E-state index in [2.05, 4.69) is 31.5 Å². The highest BCUT2D eigenvalue weighted by Gasteiger charge is 2.23. The maximum absolute atomic E-state index is 13.5. The molecule has 0 aliphatic heterocycles. The van der Waals surface area contributed by atoms with Crippen molar-refractivity contribution in [2.24, 2.45) is 0 Å². The molecule has 0 aliphatic carbocycles. The van der Waals surface area contributed by atoms with Gasteiger partial charge < -0.3 is 10.6 Å². The summed E-state index contributed by atoms with van der Waals surface area (Å²) in [6, 6.07) is 32.6. The third kappa shape index (κ3) is 7.03. The molecular formula is C31H24BrN3O2S2. The lowest BCUT2D eigenvalue weighted by Gasteiger charge is -2.16. The van der Waals surface area contributed by atoms with Gasteiger partial charge in [-0.05, 0) is 61.0 Å². The van der Waals surface area contributed by atoms with Crippen LogP contribution >= 0.6 is 39.0 Å². The quantitative estimate of drug-likeness (QED) is 0.172. The van der Waals surface area contributed by atoms with Crippen LogP contribution in [-0.2, 0) is 4.79 Å². The first kappa shape index (κ1) is 26.9. The first-order valence-electron chi connectivity index (χ1n) is 12.2. The van der Waals surface area contributed by atoms with Crippen LogP contribution < -0.4 is 10.6 Å². The van der Waals surface area contributed by atoms with Gasteiger partial charge in [-0.2, -0.15) is 0 Å². The summed E-state index contributed by atoms with van der Waals surface area (Å²) >= 11 is 6.30. The number of carbonyl (C=O) groups excluding carboxylic acids is 2. The molecule has 0 aliphatic rings. The number of carbonyl (C=O) groups is 2. The van der Waals surface area contributed by atoms with Gasteiger partial charge in [0.15, 0.2) is 5.13 Å². The van der Waals surface area contributed by atoms with Crippen LogP contribution in [0, 0.1) is 6.92 Å². The van der Waals surface area contributed by atoms with Gasteiger partial charge in [-0.15, -0.1) is 23.1 Å². The van der Waals surface area contributed by atoms with Gasteiger partial charge >= 0.3 is 0 Å². The molecule has 5 nitrogen and oxygen atoms in total.